The zero-order chi connectivity index (χ0) is 16.9. The molecule has 0 atom stereocenters. The van der Waals surface area contributed by atoms with Gasteiger partial charge in [0.15, 0.2) is 0 Å². The third-order valence-electron chi connectivity index (χ3n) is 3.21. The number of pyridine rings is 2. The van der Waals surface area contributed by atoms with E-state index in [-0.39, 0.29) is 5.97 Å². The first-order chi connectivity index (χ1) is 11.7. The lowest BCUT2D eigenvalue weighted by Crippen LogP contribution is -2.01. The second-order valence-corrected chi connectivity index (χ2v) is 6.42. The van der Waals surface area contributed by atoms with Crippen LogP contribution in [-0.4, -0.2) is 23.0 Å². The highest BCUT2D eigenvalue weighted by Crippen LogP contribution is 2.23. The van der Waals surface area contributed by atoms with Gasteiger partial charge in [0, 0.05) is 12.4 Å². The van der Waals surface area contributed by atoms with Crippen LogP contribution < -0.4 is 0 Å². The van der Waals surface area contributed by atoms with Gasteiger partial charge in [-0.3, -0.25) is 9.97 Å². The van der Waals surface area contributed by atoms with Gasteiger partial charge in [-0.2, -0.15) is 5.26 Å². The van der Waals surface area contributed by atoms with Crippen molar-refractivity contribution in [3.8, 4) is 6.07 Å². The predicted octanol–water partition coefficient (Wildman–Crippen LogP) is 4.25. The van der Waals surface area contributed by atoms with Crippen LogP contribution in [0.3, 0.4) is 0 Å². The quantitative estimate of drug-likeness (QED) is 0.478. The highest BCUT2D eigenvalue weighted by Gasteiger charge is 2.10. The summed E-state index contributed by atoms with van der Waals surface area (Å²) >= 11 is 3.05. The second-order valence-electron chi connectivity index (χ2n) is 4.59. The van der Waals surface area contributed by atoms with Gasteiger partial charge in [-0.15, -0.1) is 22.7 Å². The molecule has 118 valence electrons. The normalized spacial score (nSPS) is 10.0. The molecule has 0 N–H and O–H groups in total. The van der Waals surface area contributed by atoms with E-state index in [2.05, 4.69) is 20.8 Å². The van der Waals surface area contributed by atoms with E-state index in [0.29, 0.717) is 11.1 Å². The van der Waals surface area contributed by atoms with Crippen LogP contribution in [0.2, 0.25) is 0 Å². The number of carbonyl (C=O) groups is 1. The molecule has 0 saturated heterocycles. The largest absolute Gasteiger partial charge is 0.465 e. The number of nitriles is 1. The third kappa shape index (κ3) is 3.11. The Hall–Kier alpha value is -2.82. The van der Waals surface area contributed by atoms with Gasteiger partial charge in [0.2, 0.25) is 0 Å². The van der Waals surface area contributed by atoms with Crippen molar-refractivity contribution >= 4 is 49.1 Å². The Balaban J connectivity index is 0.000000143. The highest BCUT2D eigenvalue weighted by molar-refractivity contribution is 7.17. The molecule has 0 aliphatic rings. The molecule has 0 spiro atoms. The molecule has 4 aromatic rings. The smallest absolute Gasteiger partial charge is 0.339 e. The van der Waals surface area contributed by atoms with E-state index >= 15 is 0 Å². The molecule has 0 saturated carbocycles. The Morgan fingerprint density at radius 3 is 2.33 bits per heavy atom. The SMILES string of the molecule is COC(=O)c1ccnc2ccsc12.N#Cc1ccnc2ccsc12. The molecule has 0 amide bonds. The number of hydrogen-bond acceptors (Lipinski definition) is 7. The summed E-state index contributed by atoms with van der Waals surface area (Å²) in [5.74, 6) is -0.310. The van der Waals surface area contributed by atoms with Gasteiger partial charge in [-0.1, -0.05) is 0 Å². The molecule has 4 aromatic heterocycles. The van der Waals surface area contributed by atoms with Crippen LogP contribution in [0.1, 0.15) is 15.9 Å². The summed E-state index contributed by atoms with van der Waals surface area (Å²) < 4.78 is 6.52. The van der Waals surface area contributed by atoms with Crippen LogP contribution in [-0.2, 0) is 4.74 Å². The number of aromatic nitrogens is 2. The summed E-state index contributed by atoms with van der Waals surface area (Å²) in [6, 6.07) is 9.33. The third-order valence-corrected chi connectivity index (χ3v) is 5.09. The number of esters is 1. The van der Waals surface area contributed by atoms with Crippen LogP contribution in [0, 0.1) is 11.3 Å². The second kappa shape index (κ2) is 7.17. The van der Waals surface area contributed by atoms with Gasteiger partial charge in [-0.25, -0.2) is 4.79 Å². The van der Waals surface area contributed by atoms with Crippen LogP contribution in [0.4, 0.5) is 0 Å². The Bertz CT molecular complexity index is 1050. The standard InChI is InChI=1S/C9H7NO2S.C8H4N2S/c1-12-9(11)6-2-4-10-7-3-5-13-8(6)7;9-5-6-1-3-10-7-2-4-11-8(6)7/h2-5H,1H3;1-4H. The van der Waals surface area contributed by atoms with E-state index in [1.54, 1.807) is 35.9 Å². The minimum Gasteiger partial charge on any atom is -0.465 e. The first-order valence-electron chi connectivity index (χ1n) is 6.87. The molecule has 0 aliphatic carbocycles. The van der Waals surface area contributed by atoms with E-state index in [1.807, 2.05) is 22.9 Å². The van der Waals surface area contributed by atoms with Crippen LogP contribution in [0.25, 0.3) is 20.4 Å². The molecule has 0 radical (unpaired) electrons. The first kappa shape index (κ1) is 16.1. The monoisotopic (exact) mass is 353 g/mol. The average Bonchev–Trinajstić information content (AvgIpc) is 3.29. The predicted molar refractivity (Wildman–Crippen MR) is 95.3 cm³/mol. The van der Waals surface area contributed by atoms with E-state index in [9.17, 15) is 4.79 Å². The molecule has 0 unspecified atom stereocenters. The fourth-order valence-electron chi connectivity index (χ4n) is 2.11. The zero-order valence-corrected chi connectivity index (χ0v) is 14.2. The number of nitrogens with zero attached hydrogens (tertiary/aromatic N) is 3. The Morgan fingerprint density at radius 1 is 1.04 bits per heavy atom. The Kier molecular flexibility index (Phi) is 4.79. The number of carbonyl (C=O) groups excluding carboxylic acids is 1. The fraction of sp³-hybridized carbons (Fsp3) is 0.0588. The summed E-state index contributed by atoms with van der Waals surface area (Å²) in [6.45, 7) is 0. The van der Waals surface area contributed by atoms with Crippen molar-refractivity contribution < 1.29 is 9.53 Å². The number of methoxy groups -OCH3 is 1. The van der Waals surface area contributed by atoms with Gasteiger partial charge >= 0.3 is 5.97 Å². The average molecular weight is 353 g/mol. The molecular formula is C17H11N3O2S2. The number of rotatable bonds is 1. The van der Waals surface area contributed by atoms with Crippen molar-refractivity contribution in [2.75, 3.05) is 7.11 Å². The fourth-order valence-corrected chi connectivity index (χ4v) is 3.77. The maximum Gasteiger partial charge on any atom is 0.339 e. The number of hydrogen-bond donors (Lipinski definition) is 0. The summed E-state index contributed by atoms with van der Waals surface area (Å²) in [4.78, 5) is 19.5. The highest BCUT2D eigenvalue weighted by atomic mass is 32.1. The Morgan fingerprint density at radius 2 is 1.67 bits per heavy atom. The molecular weight excluding hydrogens is 342 g/mol. The minimum atomic E-state index is -0.310. The lowest BCUT2D eigenvalue weighted by atomic mass is 10.2. The van der Waals surface area contributed by atoms with Crippen molar-refractivity contribution in [3.63, 3.8) is 0 Å². The van der Waals surface area contributed by atoms with Crippen molar-refractivity contribution in [2.24, 2.45) is 0 Å². The zero-order valence-electron chi connectivity index (χ0n) is 12.6. The van der Waals surface area contributed by atoms with Crippen molar-refractivity contribution in [2.45, 2.75) is 0 Å². The van der Waals surface area contributed by atoms with Crippen LogP contribution in [0.15, 0.2) is 47.4 Å². The molecule has 24 heavy (non-hydrogen) atoms. The first-order valence-corrected chi connectivity index (χ1v) is 8.63. The summed E-state index contributed by atoms with van der Waals surface area (Å²) in [7, 11) is 1.38. The van der Waals surface area contributed by atoms with Gasteiger partial charge in [-0.05, 0) is 35.0 Å². The molecule has 5 nitrogen and oxygen atoms in total. The summed E-state index contributed by atoms with van der Waals surface area (Å²) in [5.41, 5.74) is 3.05. The summed E-state index contributed by atoms with van der Waals surface area (Å²) in [6.07, 6.45) is 3.27. The van der Waals surface area contributed by atoms with Crippen LogP contribution in [0.5, 0.6) is 0 Å². The van der Waals surface area contributed by atoms with E-state index in [1.165, 1.54) is 18.4 Å². The van der Waals surface area contributed by atoms with Crippen molar-refractivity contribution in [1.82, 2.24) is 9.97 Å². The van der Waals surface area contributed by atoms with E-state index < -0.39 is 0 Å². The van der Waals surface area contributed by atoms with Crippen LogP contribution >= 0.6 is 22.7 Å². The molecule has 4 rings (SSSR count). The Labute approximate surface area is 145 Å². The van der Waals surface area contributed by atoms with Crippen molar-refractivity contribution in [3.05, 3.63) is 58.5 Å². The summed E-state index contributed by atoms with van der Waals surface area (Å²) in [5, 5.41) is 12.5. The topological polar surface area (TPSA) is 75.9 Å². The van der Waals surface area contributed by atoms with Crippen molar-refractivity contribution in [1.29, 1.82) is 5.26 Å². The number of ether oxygens (including phenoxy) is 1. The van der Waals surface area contributed by atoms with Gasteiger partial charge < -0.3 is 4.74 Å². The molecule has 0 aliphatic heterocycles. The van der Waals surface area contributed by atoms with Gasteiger partial charge in [0.1, 0.15) is 6.07 Å². The molecule has 0 bridgehead atoms. The van der Waals surface area contributed by atoms with Gasteiger partial charge in [0.25, 0.3) is 0 Å². The molecule has 7 heteroatoms. The molecule has 4 heterocycles. The maximum atomic E-state index is 11.3. The molecule has 0 aromatic carbocycles. The molecule has 0 fully saturated rings. The van der Waals surface area contributed by atoms with E-state index in [4.69, 9.17) is 5.26 Å². The lowest BCUT2D eigenvalue weighted by molar-refractivity contribution is 0.0603. The number of fused-ring (bicyclic) bond motifs is 2. The maximum absolute atomic E-state index is 11.3. The minimum absolute atomic E-state index is 0.310. The van der Waals surface area contributed by atoms with Gasteiger partial charge in [0.05, 0.1) is 38.7 Å². The lowest BCUT2D eigenvalue weighted by Gasteiger charge is -1.98. The number of thiophene rings is 2. The van der Waals surface area contributed by atoms with E-state index in [0.717, 1.165) is 20.4 Å².